The molecular weight excluding hydrogens is 251 g/mol. The minimum Gasteiger partial charge on any atom is -0.267 e. The number of aryl methyl sites for hydroxylation is 1. The Morgan fingerprint density at radius 2 is 2.28 bits per heavy atom. The Labute approximate surface area is 108 Å². The second kappa shape index (κ2) is 5.55. The van der Waals surface area contributed by atoms with Crippen LogP contribution in [0, 0.1) is 12.7 Å². The highest BCUT2D eigenvalue weighted by Crippen LogP contribution is 2.12. The fourth-order valence-electron chi connectivity index (χ4n) is 1.36. The Balaban J connectivity index is 2.01. The first-order chi connectivity index (χ1) is 8.66. The average molecular weight is 262 g/mol. The van der Waals surface area contributed by atoms with E-state index in [1.807, 2.05) is 18.4 Å². The van der Waals surface area contributed by atoms with Gasteiger partial charge in [-0.3, -0.25) is 4.79 Å². The van der Waals surface area contributed by atoms with E-state index >= 15 is 0 Å². The van der Waals surface area contributed by atoms with E-state index < -0.39 is 11.7 Å². The third-order valence-corrected chi connectivity index (χ3v) is 3.29. The zero-order valence-electron chi connectivity index (χ0n) is 9.68. The van der Waals surface area contributed by atoms with Crippen molar-refractivity contribution in [2.75, 3.05) is 0 Å². The van der Waals surface area contributed by atoms with Crippen molar-refractivity contribution in [3.8, 4) is 0 Å². The van der Waals surface area contributed by atoms with Gasteiger partial charge < -0.3 is 0 Å². The van der Waals surface area contributed by atoms with Crippen LogP contribution in [-0.4, -0.2) is 12.1 Å². The molecule has 5 heteroatoms. The predicted octanol–water partition coefficient (Wildman–Crippen LogP) is 2.96. The highest BCUT2D eigenvalue weighted by atomic mass is 32.1. The number of amides is 1. The number of nitrogens with one attached hydrogen (secondary N) is 1. The molecule has 0 atom stereocenters. The van der Waals surface area contributed by atoms with Crippen LogP contribution in [0.1, 0.15) is 20.8 Å². The van der Waals surface area contributed by atoms with Gasteiger partial charge in [-0.05, 0) is 42.1 Å². The Morgan fingerprint density at radius 1 is 1.44 bits per heavy atom. The maximum atomic E-state index is 12.9. The molecule has 0 unspecified atom stereocenters. The fraction of sp³-hybridized carbons (Fsp3) is 0.0769. The third-order valence-electron chi connectivity index (χ3n) is 2.34. The minimum absolute atomic E-state index is 0.245. The lowest BCUT2D eigenvalue weighted by Crippen LogP contribution is -2.17. The van der Waals surface area contributed by atoms with E-state index in [9.17, 15) is 9.18 Å². The molecule has 0 saturated heterocycles. The highest BCUT2D eigenvalue weighted by molar-refractivity contribution is 7.11. The fourth-order valence-corrected chi connectivity index (χ4v) is 2.15. The number of benzene rings is 1. The summed E-state index contributed by atoms with van der Waals surface area (Å²) in [5.74, 6) is -0.874. The first kappa shape index (κ1) is 12.4. The molecular formula is C13H11FN2OS. The molecule has 3 nitrogen and oxygen atoms in total. The molecule has 0 bridgehead atoms. The summed E-state index contributed by atoms with van der Waals surface area (Å²) in [6.07, 6.45) is 1.58. The molecule has 1 aromatic carbocycles. The zero-order valence-corrected chi connectivity index (χ0v) is 10.5. The van der Waals surface area contributed by atoms with Gasteiger partial charge in [0.05, 0.1) is 6.21 Å². The standard InChI is InChI=1S/C13H11FN2OS/c1-9-5-6-18-12(9)8-15-16-13(17)10-3-2-4-11(14)7-10/h2-8H,1H3,(H,16,17)/b15-8-. The Morgan fingerprint density at radius 3 is 2.94 bits per heavy atom. The van der Waals surface area contributed by atoms with Crippen LogP contribution in [0.2, 0.25) is 0 Å². The van der Waals surface area contributed by atoms with Crippen LogP contribution in [0.4, 0.5) is 4.39 Å². The Kier molecular flexibility index (Phi) is 3.84. The molecule has 18 heavy (non-hydrogen) atoms. The van der Waals surface area contributed by atoms with Crippen molar-refractivity contribution in [1.82, 2.24) is 5.43 Å². The number of hydrogen-bond acceptors (Lipinski definition) is 3. The minimum atomic E-state index is -0.444. The predicted molar refractivity (Wildman–Crippen MR) is 70.5 cm³/mol. The van der Waals surface area contributed by atoms with Gasteiger partial charge in [0, 0.05) is 10.4 Å². The average Bonchev–Trinajstić information content (AvgIpc) is 2.75. The van der Waals surface area contributed by atoms with Crippen LogP contribution in [0.15, 0.2) is 40.8 Å². The SMILES string of the molecule is Cc1ccsc1/C=N\NC(=O)c1cccc(F)c1. The first-order valence-electron chi connectivity index (χ1n) is 5.30. The van der Waals surface area contributed by atoms with Gasteiger partial charge in [0.15, 0.2) is 0 Å². The van der Waals surface area contributed by atoms with Crippen molar-refractivity contribution < 1.29 is 9.18 Å². The number of thiophene rings is 1. The summed E-state index contributed by atoms with van der Waals surface area (Å²) in [4.78, 5) is 12.6. The number of nitrogens with zero attached hydrogens (tertiary/aromatic N) is 1. The van der Waals surface area contributed by atoms with E-state index in [4.69, 9.17) is 0 Å². The van der Waals surface area contributed by atoms with E-state index in [2.05, 4.69) is 10.5 Å². The van der Waals surface area contributed by atoms with Gasteiger partial charge in [-0.25, -0.2) is 9.82 Å². The second-order valence-corrected chi connectivity index (χ2v) is 4.63. The summed E-state index contributed by atoms with van der Waals surface area (Å²) >= 11 is 1.54. The molecule has 0 aliphatic rings. The van der Waals surface area contributed by atoms with Crippen LogP contribution in [-0.2, 0) is 0 Å². The molecule has 0 spiro atoms. The lowest BCUT2D eigenvalue weighted by atomic mass is 10.2. The summed E-state index contributed by atoms with van der Waals surface area (Å²) < 4.78 is 12.9. The van der Waals surface area contributed by atoms with Gasteiger partial charge in [-0.15, -0.1) is 11.3 Å². The number of hydrogen-bond donors (Lipinski definition) is 1. The van der Waals surface area contributed by atoms with Crippen molar-refractivity contribution in [3.63, 3.8) is 0 Å². The van der Waals surface area contributed by atoms with Crippen molar-refractivity contribution in [2.45, 2.75) is 6.92 Å². The summed E-state index contributed by atoms with van der Waals surface area (Å²) in [6, 6.07) is 7.44. The third kappa shape index (κ3) is 3.01. The first-order valence-corrected chi connectivity index (χ1v) is 6.18. The van der Waals surface area contributed by atoms with Crippen molar-refractivity contribution in [2.24, 2.45) is 5.10 Å². The topological polar surface area (TPSA) is 41.5 Å². The van der Waals surface area contributed by atoms with Gasteiger partial charge in [-0.1, -0.05) is 6.07 Å². The van der Waals surface area contributed by atoms with Crippen LogP contribution in [0.5, 0.6) is 0 Å². The van der Waals surface area contributed by atoms with Crippen LogP contribution in [0.25, 0.3) is 0 Å². The van der Waals surface area contributed by atoms with Crippen LogP contribution >= 0.6 is 11.3 Å². The van der Waals surface area contributed by atoms with Crippen molar-refractivity contribution in [1.29, 1.82) is 0 Å². The van der Waals surface area contributed by atoms with Gasteiger partial charge in [-0.2, -0.15) is 5.10 Å². The Bertz CT molecular complexity index is 592. The molecule has 1 amide bonds. The van der Waals surface area contributed by atoms with Crippen molar-refractivity contribution >= 4 is 23.5 Å². The maximum absolute atomic E-state index is 12.9. The normalized spacial score (nSPS) is 10.8. The monoisotopic (exact) mass is 262 g/mol. The molecule has 1 aromatic heterocycles. The summed E-state index contributed by atoms with van der Waals surface area (Å²) in [5, 5.41) is 5.79. The molecule has 0 aliphatic heterocycles. The molecule has 0 fully saturated rings. The summed E-state index contributed by atoms with van der Waals surface area (Å²) in [5.41, 5.74) is 3.71. The van der Waals surface area contributed by atoms with E-state index in [-0.39, 0.29) is 5.56 Å². The van der Waals surface area contributed by atoms with Gasteiger partial charge in [0.2, 0.25) is 0 Å². The lowest BCUT2D eigenvalue weighted by Gasteiger charge is -1.99. The van der Waals surface area contributed by atoms with E-state index in [1.54, 1.807) is 6.21 Å². The number of hydrazone groups is 1. The summed E-state index contributed by atoms with van der Waals surface area (Å²) in [7, 11) is 0. The quantitative estimate of drug-likeness (QED) is 0.670. The van der Waals surface area contributed by atoms with Gasteiger partial charge >= 0.3 is 0 Å². The number of carbonyl (C=O) groups excluding carboxylic acids is 1. The molecule has 0 aliphatic carbocycles. The summed E-state index contributed by atoms with van der Waals surface area (Å²) in [6.45, 7) is 1.96. The number of carbonyl (C=O) groups is 1. The largest absolute Gasteiger partial charge is 0.271 e. The smallest absolute Gasteiger partial charge is 0.267 e. The molecule has 1 heterocycles. The van der Waals surface area contributed by atoms with Crippen LogP contribution in [0.3, 0.4) is 0 Å². The molecule has 92 valence electrons. The molecule has 2 aromatic rings. The second-order valence-electron chi connectivity index (χ2n) is 3.68. The molecule has 0 radical (unpaired) electrons. The van der Waals surface area contributed by atoms with Crippen molar-refractivity contribution in [3.05, 3.63) is 57.5 Å². The van der Waals surface area contributed by atoms with Gasteiger partial charge in [0.1, 0.15) is 5.82 Å². The zero-order chi connectivity index (χ0) is 13.0. The van der Waals surface area contributed by atoms with E-state index in [0.717, 1.165) is 10.4 Å². The molecule has 1 N–H and O–H groups in total. The molecule has 0 saturated carbocycles. The number of rotatable bonds is 3. The maximum Gasteiger partial charge on any atom is 0.271 e. The highest BCUT2D eigenvalue weighted by Gasteiger charge is 2.04. The lowest BCUT2D eigenvalue weighted by molar-refractivity contribution is 0.0954. The van der Waals surface area contributed by atoms with Gasteiger partial charge in [0.25, 0.3) is 5.91 Å². The number of halogens is 1. The van der Waals surface area contributed by atoms with E-state index in [0.29, 0.717) is 0 Å². The molecule has 2 rings (SSSR count). The van der Waals surface area contributed by atoms with Crippen LogP contribution < -0.4 is 5.43 Å². The Hall–Kier alpha value is -2.01. The van der Waals surface area contributed by atoms with E-state index in [1.165, 1.54) is 35.6 Å².